The van der Waals surface area contributed by atoms with Crippen molar-refractivity contribution in [3.8, 4) is 0 Å². The predicted octanol–water partition coefficient (Wildman–Crippen LogP) is 5.38. The second kappa shape index (κ2) is 8.34. The Bertz CT molecular complexity index is 1190. The fourth-order valence-electron chi connectivity index (χ4n) is 4.04. The minimum absolute atomic E-state index is 0.0725. The van der Waals surface area contributed by atoms with Crippen LogP contribution in [-0.4, -0.2) is 29.0 Å². The van der Waals surface area contributed by atoms with Crippen LogP contribution in [0.4, 0.5) is 5.69 Å². The fraction of sp³-hybridized carbons (Fsp3) is 0.375. The lowest BCUT2D eigenvalue weighted by molar-refractivity contribution is 0.665. The van der Waals surface area contributed by atoms with E-state index in [0.29, 0.717) is 16.7 Å². The molecule has 0 radical (unpaired) electrons. The largest absolute Gasteiger partial charge is 0.371 e. The molecular formula is C24H27BrN4O. The van der Waals surface area contributed by atoms with E-state index in [9.17, 15) is 4.79 Å². The Kier molecular flexibility index (Phi) is 5.78. The summed E-state index contributed by atoms with van der Waals surface area (Å²) in [5.41, 5.74) is 5.34. The molecule has 2 heterocycles. The quantitative estimate of drug-likeness (QED) is 0.484. The van der Waals surface area contributed by atoms with Crippen molar-refractivity contribution in [2.24, 2.45) is 5.10 Å². The van der Waals surface area contributed by atoms with Crippen LogP contribution in [0.5, 0.6) is 0 Å². The van der Waals surface area contributed by atoms with Crippen molar-refractivity contribution in [1.29, 1.82) is 0 Å². The van der Waals surface area contributed by atoms with E-state index in [-0.39, 0.29) is 11.5 Å². The Labute approximate surface area is 185 Å². The SMILES string of the molecule is Cc1c(C=Nn2c(C(C)C)nc3ccc(Br)cc3c2=O)ccc(N2CCCC2)c1C. The standard InChI is InChI=1S/C24H27BrN4O/c1-15(2)23-27-21-9-8-19(25)13-20(21)24(30)29(23)26-14-18-7-10-22(17(4)16(18)3)28-11-5-6-12-28/h7-10,13-15H,5-6,11-12H2,1-4H3. The first kappa shape index (κ1) is 20.8. The number of fused-ring (bicyclic) bond motifs is 1. The van der Waals surface area contributed by atoms with Gasteiger partial charge in [0.25, 0.3) is 5.56 Å². The van der Waals surface area contributed by atoms with Crippen molar-refractivity contribution in [2.75, 3.05) is 18.0 Å². The van der Waals surface area contributed by atoms with Gasteiger partial charge in [-0.15, -0.1) is 0 Å². The lowest BCUT2D eigenvalue weighted by atomic mass is 10.0. The summed E-state index contributed by atoms with van der Waals surface area (Å²) in [6, 6.07) is 9.86. The summed E-state index contributed by atoms with van der Waals surface area (Å²) in [7, 11) is 0. The lowest BCUT2D eigenvalue weighted by Crippen LogP contribution is -2.23. The van der Waals surface area contributed by atoms with Crippen LogP contribution in [0.2, 0.25) is 0 Å². The van der Waals surface area contributed by atoms with Crippen molar-refractivity contribution in [3.63, 3.8) is 0 Å². The van der Waals surface area contributed by atoms with Crippen LogP contribution in [0.1, 0.15) is 55.1 Å². The van der Waals surface area contributed by atoms with Gasteiger partial charge in [-0.1, -0.05) is 35.8 Å². The third-order valence-corrected chi connectivity index (χ3v) is 6.40. The molecule has 3 aromatic rings. The second-order valence-corrected chi connectivity index (χ2v) is 9.18. The first-order chi connectivity index (χ1) is 14.4. The number of halogens is 1. The molecular weight excluding hydrogens is 440 g/mol. The molecule has 5 nitrogen and oxygen atoms in total. The van der Waals surface area contributed by atoms with E-state index in [1.807, 2.05) is 26.0 Å². The molecule has 156 valence electrons. The Hall–Kier alpha value is -2.47. The van der Waals surface area contributed by atoms with Crippen LogP contribution in [0.3, 0.4) is 0 Å². The third kappa shape index (κ3) is 3.81. The monoisotopic (exact) mass is 466 g/mol. The van der Waals surface area contributed by atoms with Crippen molar-refractivity contribution in [1.82, 2.24) is 9.66 Å². The Morgan fingerprint density at radius 3 is 2.53 bits per heavy atom. The highest BCUT2D eigenvalue weighted by atomic mass is 79.9. The molecule has 0 aliphatic carbocycles. The third-order valence-electron chi connectivity index (χ3n) is 5.91. The molecule has 0 saturated carbocycles. The van der Waals surface area contributed by atoms with Crippen molar-refractivity contribution >= 4 is 38.7 Å². The maximum absolute atomic E-state index is 13.2. The summed E-state index contributed by atoms with van der Waals surface area (Å²) >= 11 is 3.45. The van der Waals surface area contributed by atoms with E-state index in [0.717, 1.165) is 23.1 Å². The summed E-state index contributed by atoms with van der Waals surface area (Å²) < 4.78 is 2.30. The van der Waals surface area contributed by atoms with Gasteiger partial charge in [-0.05, 0) is 67.6 Å². The summed E-state index contributed by atoms with van der Waals surface area (Å²) in [6.45, 7) is 10.6. The zero-order valence-corrected chi connectivity index (χ0v) is 19.5. The minimum atomic E-state index is -0.149. The second-order valence-electron chi connectivity index (χ2n) is 8.27. The maximum Gasteiger partial charge on any atom is 0.282 e. The molecule has 0 spiro atoms. The van der Waals surface area contributed by atoms with Gasteiger partial charge in [0.05, 0.1) is 17.1 Å². The number of aromatic nitrogens is 2. The van der Waals surface area contributed by atoms with Gasteiger partial charge in [-0.3, -0.25) is 4.79 Å². The maximum atomic E-state index is 13.2. The highest BCUT2D eigenvalue weighted by Crippen LogP contribution is 2.28. The van der Waals surface area contributed by atoms with E-state index in [4.69, 9.17) is 4.98 Å². The summed E-state index contributed by atoms with van der Waals surface area (Å²) in [5.74, 6) is 0.734. The molecule has 1 aliphatic heterocycles. The van der Waals surface area contributed by atoms with E-state index in [1.54, 1.807) is 12.3 Å². The predicted molar refractivity (Wildman–Crippen MR) is 128 cm³/mol. The number of anilines is 1. The van der Waals surface area contributed by atoms with Gasteiger partial charge >= 0.3 is 0 Å². The molecule has 0 N–H and O–H groups in total. The Morgan fingerprint density at radius 1 is 1.10 bits per heavy atom. The normalized spacial score (nSPS) is 14.5. The smallest absolute Gasteiger partial charge is 0.282 e. The summed E-state index contributed by atoms with van der Waals surface area (Å²) in [5, 5.41) is 5.15. The lowest BCUT2D eigenvalue weighted by Gasteiger charge is -2.22. The topological polar surface area (TPSA) is 50.5 Å². The van der Waals surface area contributed by atoms with Gasteiger partial charge in [0.2, 0.25) is 0 Å². The molecule has 4 rings (SSSR count). The van der Waals surface area contributed by atoms with Gasteiger partial charge in [-0.2, -0.15) is 9.78 Å². The first-order valence-corrected chi connectivity index (χ1v) is 11.3. The number of hydrogen-bond donors (Lipinski definition) is 0. The van der Waals surface area contributed by atoms with Crippen LogP contribution < -0.4 is 10.5 Å². The molecule has 0 bridgehead atoms. The van der Waals surface area contributed by atoms with Crippen LogP contribution in [0, 0.1) is 13.8 Å². The number of benzene rings is 2. The van der Waals surface area contributed by atoms with Gasteiger partial charge < -0.3 is 4.90 Å². The summed E-state index contributed by atoms with van der Waals surface area (Å²) in [6.07, 6.45) is 4.30. The fourth-order valence-corrected chi connectivity index (χ4v) is 4.40. The number of hydrogen-bond acceptors (Lipinski definition) is 4. The molecule has 30 heavy (non-hydrogen) atoms. The van der Waals surface area contributed by atoms with Gasteiger partial charge in [0, 0.05) is 29.2 Å². The zero-order chi connectivity index (χ0) is 21.4. The number of nitrogens with zero attached hydrogens (tertiary/aromatic N) is 4. The van der Waals surface area contributed by atoms with E-state index < -0.39 is 0 Å². The average molecular weight is 467 g/mol. The molecule has 2 aromatic carbocycles. The molecule has 1 saturated heterocycles. The molecule has 1 aliphatic rings. The molecule has 0 atom stereocenters. The minimum Gasteiger partial charge on any atom is -0.371 e. The molecule has 6 heteroatoms. The van der Waals surface area contributed by atoms with Crippen molar-refractivity contribution in [3.05, 3.63) is 67.7 Å². The van der Waals surface area contributed by atoms with Crippen LogP contribution in [0.15, 0.2) is 44.7 Å². The number of rotatable bonds is 4. The highest BCUT2D eigenvalue weighted by molar-refractivity contribution is 9.10. The molecule has 0 unspecified atom stereocenters. The van der Waals surface area contributed by atoms with E-state index >= 15 is 0 Å². The van der Waals surface area contributed by atoms with Gasteiger partial charge in [0.1, 0.15) is 5.82 Å². The van der Waals surface area contributed by atoms with E-state index in [2.05, 4.69) is 51.9 Å². The van der Waals surface area contributed by atoms with Crippen molar-refractivity contribution < 1.29 is 0 Å². The molecule has 1 aromatic heterocycles. The Balaban J connectivity index is 1.78. The average Bonchev–Trinajstić information content (AvgIpc) is 3.25. The van der Waals surface area contributed by atoms with Crippen LogP contribution in [-0.2, 0) is 0 Å². The molecule has 1 fully saturated rings. The zero-order valence-electron chi connectivity index (χ0n) is 17.9. The van der Waals surface area contributed by atoms with Crippen LogP contribution in [0.25, 0.3) is 10.9 Å². The molecule has 0 amide bonds. The summed E-state index contributed by atoms with van der Waals surface area (Å²) in [4.78, 5) is 20.4. The Morgan fingerprint density at radius 2 is 1.83 bits per heavy atom. The van der Waals surface area contributed by atoms with E-state index in [1.165, 1.54) is 34.3 Å². The van der Waals surface area contributed by atoms with Crippen molar-refractivity contribution in [2.45, 2.75) is 46.5 Å². The van der Waals surface area contributed by atoms with Crippen LogP contribution >= 0.6 is 15.9 Å². The van der Waals surface area contributed by atoms with Gasteiger partial charge in [0.15, 0.2) is 0 Å². The van der Waals surface area contributed by atoms with Gasteiger partial charge in [-0.25, -0.2) is 4.98 Å². The first-order valence-electron chi connectivity index (χ1n) is 10.5. The highest BCUT2D eigenvalue weighted by Gasteiger charge is 2.17.